The highest BCUT2D eigenvalue weighted by atomic mass is 127. The Bertz CT molecular complexity index is 404. The van der Waals surface area contributed by atoms with Gasteiger partial charge in [0.25, 0.3) is 0 Å². The second-order valence-electron chi connectivity index (χ2n) is 4.50. The van der Waals surface area contributed by atoms with Crippen LogP contribution in [0.25, 0.3) is 0 Å². The summed E-state index contributed by atoms with van der Waals surface area (Å²) in [6.45, 7) is 5.32. The highest BCUT2D eigenvalue weighted by molar-refractivity contribution is 14.0. The summed E-state index contributed by atoms with van der Waals surface area (Å²) in [7, 11) is 0. The molecule has 1 aromatic carbocycles. The summed E-state index contributed by atoms with van der Waals surface area (Å²) in [5, 5.41) is 3.38. The van der Waals surface area contributed by atoms with Crippen LogP contribution in [0.5, 0.6) is 0 Å². The number of aliphatic imine (C=N–C) groups is 1. The van der Waals surface area contributed by atoms with Gasteiger partial charge in [0.1, 0.15) is 5.82 Å². The highest BCUT2D eigenvalue weighted by Gasteiger charge is 2.06. The highest BCUT2D eigenvalue weighted by Crippen LogP contribution is 2.18. The minimum absolute atomic E-state index is 0. The van der Waals surface area contributed by atoms with Crippen molar-refractivity contribution in [2.24, 2.45) is 16.6 Å². The summed E-state index contributed by atoms with van der Waals surface area (Å²) in [5.74, 6) is 0.560. The molecule has 0 unspecified atom stereocenters. The monoisotopic (exact) mass is 399 g/mol. The molecule has 19 heavy (non-hydrogen) atoms. The molecule has 0 atom stereocenters. The molecule has 3 N–H and O–H groups in total. The minimum Gasteiger partial charge on any atom is -0.370 e. The molecule has 0 saturated heterocycles. The van der Waals surface area contributed by atoms with Gasteiger partial charge in [-0.2, -0.15) is 0 Å². The van der Waals surface area contributed by atoms with Crippen LogP contribution in [0.4, 0.5) is 4.39 Å². The molecule has 0 fully saturated rings. The second-order valence-corrected chi connectivity index (χ2v) is 4.90. The normalized spacial score (nSPS) is 11.3. The second kappa shape index (κ2) is 9.36. The fourth-order valence-electron chi connectivity index (χ4n) is 1.42. The maximum absolute atomic E-state index is 13.5. The standard InChI is InChI=1S/C13H19ClFN3.HI/c1-9(2)8-18-13(16)17-7-6-10-11(14)4-3-5-12(10)15;/h3-5,9H,6-8H2,1-2H3,(H3,16,17,18);1H. The Morgan fingerprint density at radius 2 is 2.16 bits per heavy atom. The van der Waals surface area contributed by atoms with E-state index in [0.29, 0.717) is 42.0 Å². The topological polar surface area (TPSA) is 50.4 Å². The molecule has 0 aliphatic rings. The van der Waals surface area contributed by atoms with Crippen molar-refractivity contribution in [3.63, 3.8) is 0 Å². The number of nitrogens with zero attached hydrogens (tertiary/aromatic N) is 1. The molecule has 1 aromatic rings. The van der Waals surface area contributed by atoms with Crippen LogP contribution in [0, 0.1) is 11.7 Å². The van der Waals surface area contributed by atoms with E-state index in [-0.39, 0.29) is 29.8 Å². The van der Waals surface area contributed by atoms with Crippen molar-refractivity contribution in [2.75, 3.05) is 13.1 Å². The Hall–Kier alpha value is -0.560. The third-order valence-electron chi connectivity index (χ3n) is 2.37. The molecule has 0 aromatic heterocycles. The van der Waals surface area contributed by atoms with Gasteiger partial charge in [0, 0.05) is 23.7 Å². The predicted octanol–water partition coefficient (Wildman–Crippen LogP) is 3.20. The maximum Gasteiger partial charge on any atom is 0.188 e. The summed E-state index contributed by atoms with van der Waals surface area (Å²) >= 11 is 5.92. The number of hydrogen-bond donors (Lipinski definition) is 2. The summed E-state index contributed by atoms with van der Waals surface area (Å²) in [4.78, 5) is 4.16. The van der Waals surface area contributed by atoms with E-state index in [1.165, 1.54) is 6.07 Å². The van der Waals surface area contributed by atoms with Gasteiger partial charge >= 0.3 is 0 Å². The average Bonchev–Trinajstić information content (AvgIpc) is 2.30. The van der Waals surface area contributed by atoms with E-state index in [1.54, 1.807) is 12.1 Å². The van der Waals surface area contributed by atoms with Crippen LogP contribution >= 0.6 is 35.6 Å². The molecule has 1 rings (SSSR count). The van der Waals surface area contributed by atoms with E-state index >= 15 is 0 Å². The quantitative estimate of drug-likeness (QED) is 0.454. The number of rotatable bonds is 5. The lowest BCUT2D eigenvalue weighted by molar-refractivity contribution is 0.607. The first-order valence-corrected chi connectivity index (χ1v) is 6.35. The minimum atomic E-state index is -0.290. The zero-order valence-corrected chi connectivity index (χ0v) is 14.2. The van der Waals surface area contributed by atoms with Gasteiger partial charge in [-0.1, -0.05) is 31.5 Å². The van der Waals surface area contributed by atoms with Crippen molar-refractivity contribution in [1.82, 2.24) is 5.32 Å². The van der Waals surface area contributed by atoms with Crippen LogP contribution in [0.2, 0.25) is 5.02 Å². The van der Waals surface area contributed by atoms with Gasteiger partial charge in [-0.3, -0.25) is 4.99 Å². The van der Waals surface area contributed by atoms with E-state index in [0.717, 1.165) is 0 Å². The van der Waals surface area contributed by atoms with Gasteiger partial charge in [-0.05, 0) is 24.5 Å². The van der Waals surface area contributed by atoms with Crippen molar-refractivity contribution in [1.29, 1.82) is 0 Å². The predicted molar refractivity (Wildman–Crippen MR) is 89.9 cm³/mol. The smallest absolute Gasteiger partial charge is 0.188 e. The lowest BCUT2D eigenvalue weighted by Gasteiger charge is -2.08. The Kier molecular flexibility index (Phi) is 9.08. The van der Waals surface area contributed by atoms with Crippen LogP contribution < -0.4 is 11.1 Å². The molecule has 3 nitrogen and oxygen atoms in total. The van der Waals surface area contributed by atoms with Crippen molar-refractivity contribution >= 4 is 41.5 Å². The number of nitrogens with two attached hydrogens (primary N) is 1. The molecular weight excluding hydrogens is 380 g/mol. The van der Waals surface area contributed by atoms with Gasteiger partial charge in [-0.15, -0.1) is 24.0 Å². The maximum atomic E-state index is 13.5. The third-order valence-corrected chi connectivity index (χ3v) is 2.72. The van der Waals surface area contributed by atoms with Crippen LogP contribution in [0.1, 0.15) is 19.4 Å². The summed E-state index contributed by atoms with van der Waals surface area (Å²) in [6.07, 6.45) is 0.476. The lowest BCUT2D eigenvalue weighted by atomic mass is 10.1. The third kappa shape index (κ3) is 6.96. The van der Waals surface area contributed by atoms with Crippen molar-refractivity contribution < 1.29 is 4.39 Å². The van der Waals surface area contributed by atoms with Crippen molar-refractivity contribution in [3.05, 3.63) is 34.6 Å². The number of guanidine groups is 1. The molecular formula is C13H20ClFIN3. The lowest BCUT2D eigenvalue weighted by Crippen LogP contribution is -2.33. The van der Waals surface area contributed by atoms with Gasteiger partial charge in [-0.25, -0.2) is 4.39 Å². The molecule has 0 radical (unpaired) electrons. The fraction of sp³-hybridized carbons (Fsp3) is 0.462. The van der Waals surface area contributed by atoms with E-state index < -0.39 is 0 Å². The first-order chi connectivity index (χ1) is 8.50. The largest absolute Gasteiger partial charge is 0.370 e. The van der Waals surface area contributed by atoms with E-state index in [9.17, 15) is 4.39 Å². The molecule has 0 bridgehead atoms. The van der Waals surface area contributed by atoms with Crippen LogP contribution in [-0.2, 0) is 6.42 Å². The fourth-order valence-corrected chi connectivity index (χ4v) is 1.68. The molecule has 0 aliphatic heterocycles. The first-order valence-electron chi connectivity index (χ1n) is 5.97. The SMILES string of the molecule is CC(C)CN=C(N)NCCc1c(F)cccc1Cl.I. The molecule has 0 heterocycles. The summed E-state index contributed by atoms with van der Waals surface area (Å²) in [6, 6.07) is 4.67. The van der Waals surface area contributed by atoms with Gasteiger partial charge < -0.3 is 11.1 Å². The Morgan fingerprint density at radius 1 is 1.47 bits per heavy atom. The Labute approximate surface area is 135 Å². The Morgan fingerprint density at radius 3 is 2.74 bits per heavy atom. The van der Waals surface area contributed by atoms with Crippen molar-refractivity contribution in [3.8, 4) is 0 Å². The van der Waals surface area contributed by atoms with Gasteiger partial charge in [0.2, 0.25) is 0 Å². The number of benzene rings is 1. The Balaban J connectivity index is 0.00000324. The van der Waals surface area contributed by atoms with E-state index in [4.69, 9.17) is 17.3 Å². The number of hydrogen-bond acceptors (Lipinski definition) is 1. The number of nitrogens with one attached hydrogen (secondary N) is 1. The average molecular weight is 400 g/mol. The summed E-state index contributed by atoms with van der Waals surface area (Å²) < 4.78 is 13.5. The zero-order valence-electron chi connectivity index (χ0n) is 11.1. The molecule has 6 heteroatoms. The molecule has 108 valence electrons. The van der Waals surface area contributed by atoms with Crippen LogP contribution in [0.3, 0.4) is 0 Å². The molecule has 0 aliphatic carbocycles. The van der Waals surface area contributed by atoms with E-state index in [1.807, 2.05) is 0 Å². The van der Waals surface area contributed by atoms with Gasteiger partial charge in [0.15, 0.2) is 5.96 Å². The summed E-state index contributed by atoms with van der Waals surface area (Å²) in [5.41, 5.74) is 6.18. The molecule has 0 amide bonds. The molecule has 0 spiro atoms. The first kappa shape index (κ1) is 18.4. The van der Waals surface area contributed by atoms with Crippen LogP contribution in [0.15, 0.2) is 23.2 Å². The molecule has 0 saturated carbocycles. The zero-order chi connectivity index (χ0) is 13.5. The van der Waals surface area contributed by atoms with Gasteiger partial charge in [0.05, 0.1) is 0 Å². The van der Waals surface area contributed by atoms with Crippen LogP contribution in [-0.4, -0.2) is 19.0 Å². The number of halogens is 3. The van der Waals surface area contributed by atoms with E-state index in [2.05, 4.69) is 24.2 Å². The van der Waals surface area contributed by atoms with Crippen molar-refractivity contribution in [2.45, 2.75) is 20.3 Å².